The van der Waals surface area contributed by atoms with Gasteiger partial charge in [-0.05, 0) is 43.3 Å². The average Bonchev–Trinajstić information content (AvgIpc) is 2.74. The van der Waals surface area contributed by atoms with Gasteiger partial charge in [-0.1, -0.05) is 39.7 Å². The van der Waals surface area contributed by atoms with E-state index in [0.717, 1.165) is 40.3 Å². The quantitative estimate of drug-likeness (QED) is 0.549. The van der Waals surface area contributed by atoms with Gasteiger partial charge >= 0.3 is 0 Å². The van der Waals surface area contributed by atoms with Gasteiger partial charge in [0, 0.05) is 42.4 Å². The van der Waals surface area contributed by atoms with Gasteiger partial charge in [0.15, 0.2) is 0 Å². The number of halogens is 2. The van der Waals surface area contributed by atoms with Crippen molar-refractivity contribution in [2.45, 2.75) is 6.92 Å². The summed E-state index contributed by atoms with van der Waals surface area (Å²) in [4.78, 5) is 26.1. The van der Waals surface area contributed by atoms with E-state index in [1.54, 1.807) is 6.20 Å². The Balaban J connectivity index is 1.45. The Morgan fingerprint density at radius 1 is 1.07 bits per heavy atom. The van der Waals surface area contributed by atoms with Crippen molar-refractivity contribution in [1.82, 2.24) is 14.9 Å². The lowest BCUT2D eigenvalue weighted by Gasteiger charge is -2.35. The van der Waals surface area contributed by atoms with Crippen molar-refractivity contribution in [2.75, 3.05) is 31.1 Å². The molecule has 148 valence electrons. The minimum Gasteiger partial charge on any atom is -0.353 e. The first-order valence-electron chi connectivity index (χ1n) is 9.40. The van der Waals surface area contributed by atoms with E-state index in [9.17, 15) is 4.79 Å². The number of carbonyl (C=O) groups is 1. The summed E-state index contributed by atoms with van der Waals surface area (Å²) in [6, 6.07) is 15.5. The summed E-state index contributed by atoms with van der Waals surface area (Å²) in [5, 5.41) is 0.622. The van der Waals surface area contributed by atoms with Crippen molar-refractivity contribution in [2.24, 2.45) is 0 Å². The second-order valence-corrected chi connectivity index (χ2v) is 8.31. The zero-order chi connectivity index (χ0) is 20.4. The molecule has 7 heteroatoms. The standard InChI is InChI=1S/C22H20BrClN4O/c1-15-19(6-7-20(26-15)16-3-2-4-17(23)13-16)22(29)28-11-9-27(10-12-28)21-8-5-18(24)14-25-21/h2-8,13-14H,9-12H2,1H3. The third kappa shape index (κ3) is 4.43. The first-order chi connectivity index (χ1) is 14.0. The summed E-state index contributed by atoms with van der Waals surface area (Å²) in [7, 11) is 0. The predicted octanol–water partition coefficient (Wildman–Crippen LogP) is 4.83. The van der Waals surface area contributed by atoms with Gasteiger partial charge in [0.2, 0.25) is 0 Å². The molecular weight excluding hydrogens is 452 g/mol. The van der Waals surface area contributed by atoms with E-state index in [0.29, 0.717) is 23.7 Å². The number of hydrogen-bond donors (Lipinski definition) is 0. The molecular formula is C22H20BrClN4O. The van der Waals surface area contributed by atoms with Crippen LogP contribution in [0.15, 0.2) is 59.2 Å². The highest BCUT2D eigenvalue weighted by molar-refractivity contribution is 9.10. The zero-order valence-corrected chi connectivity index (χ0v) is 18.3. The van der Waals surface area contributed by atoms with E-state index in [1.807, 2.05) is 60.4 Å². The van der Waals surface area contributed by atoms with E-state index in [4.69, 9.17) is 11.6 Å². The van der Waals surface area contributed by atoms with Gasteiger partial charge in [-0.3, -0.25) is 9.78 Å². The van der Waals surface area contributed by atoms with Gasteiger partial charge in [0.1, 0.15) is 5.82 Å². The number of carbonyl (C=O) groups excluding carboxylic acids is 1. The third-order valence-corrected chi connectivity index (χ3v) is 5.76. The topological polar surface area (TPSA) is 49.3 Å². The van der Waals surface area contributed by atoms with Gasteiger partial charge in [0.25, 0.3) is 5.91 Å². The molecule has 0 atom stereocenters. The lowest BCUT2D eigenvalue weighted by Crippen LogP contribution is -2.49. The number of hydrogen-bond acceptors (Lipinski definition) is 4. The zero-order valence-electron chi connectivity index (χ0n) is 16.0. The van der Waals surface area contributed by atoms with Crippen LogP contribution in [-0.2, 0) is 0 Å². The highest BCUT2D eigenvalue weighted by atomic mass is 79.9. The minimum absolute atomic E-state index is 0.0273. The number of amides is 1. The maximum atomic E-state index is 13.0. The maximum absolute atomic E-state index is 13.0. The minimum atomic E-state index is 0.0273. The molecule has 0 aliphatic carbocycles. The van der Waals surface area contributed by atoms with Crippen LogP contribution < -0.4 is 4.90 Å². The molecule has 5 nitrogen and oxygen atoms in total. The van der Waals surface area contributed by atoms with E-state index < -0.39 is 0 Å². The van der Waals surface area contributed by atoms with Crippen LogP contribution in [0.4, 0.5) is 5.82 Å². The Morgan fingerprint density at radius 3 is 2.52 bits per heavy atom. The normalized spacial score (nSPS) is 14.2. The van der Waals surface area contributed by atoms with Gasteiger partial charge in [-0.15, -0.1) is 0 Å². The number of aromatic nitrogens is 2. The number of aryl methyl sites for hydroxylation is 1. The Bertz CT molecular complexity index is 1030. The van der Waals surface area contributed by atoms with Crippen molar-refractivity contribution in [3.8, 4) is 11.3 Å². The van der Waals surface area contributed by atoms with Crippen LogP contribution in [0.1, 0.15) is 16.1 Å². The van der Waals surface area contributed by atoms with Crippen LogP contribution in [-0.4, -0.2) is 47.0 Å². The van der Waals surface area contributed by atoms with Gasteiger partial charge in [-0.25, -0.2) is 4.98 Å². The molecule has 3 aromatic rings. The lowest BCUT2D eigenvalue weighted by atomic mass is 10.1. The molecule has 0 N–H and O–H groups in total. The third-order valence-electron chi connectivity index (χ3n) is 5.04. The van der Waals surface area contributed by atoms with Crippen molar-refractivity contribution < 1.29 is 4.79 Å². The summed E-state index contributed by atoms with van der Waals surface area (Å²) in [5.74, 6) is 0.914. The van der Waals surface area contributed by atoms with Crippen LogP contribution in [0.25, 0.3) is 11.3 Å². The average molecular weight is 472 g/mol. The van der Waals surface area contributed by atoms with Crippen molar-refractivity contribution in [3.63, 3.8) is 0 Å². The molecule has 1 saturated heterocycles. The SMILES string of the molecule is Cc1nc(-c2cccc(Br)c2)ccc1C(=O)N1CCN(c2ccc(Cl)cn2)CC1. The Kier molecular flexibility index (Phi) is 5.83. The maximum Gasteiger partial charge on any atom is 0.255 e. The Labute approximate surface area is 183 Å². The smallest absolute Gasteiger partial charge is 0.255 e. The fraction of sp³-hybridized carbons (Fsp3) is 0.227. The molecule has 0 radical (unpaired) electrons. The second-order valence-electron chi connectivity index (χ2n) is 6.95. The first-order valence-corrected chi connectivity index (χ1v) is 10.6. The molecule has 1 fully saturated rings. The summed E-state index contributed by atoms with van der Waals surface area (Å²) in [6.07, 6.45) is 1.65. The van der Waals surface area contributed by atoms with Gasteiger partial charge in [-0.2, -0.15) is 0 Å². The molecule has 3 heterocycles. The lowest BCUT2D eigenvalue weighted by molar-refractivity contribution is 0.0745. The fourth-order valence-corrected chi connectivity index (χ4v) is 3.97. The van der Waals surface area contributed by atoms with Crippen LogP contribution >= 0.6 is 27.5 Å². The fourth-order valence-electron chi connectivity index (χ4n) is 3.46. The van der Waals surface area contributed by atoms with E-state index in [-0.39, 0.29) is 5.91 Å². The molecule has 1 aliphatic heterocycles. The van der Waals surface area contributed by atoms with Crippen LogP contribution in [0, 0.1) is 6.92 Å². The van der Waals surface area contributed by atoms with E-state index in [2.05, 4.69) is 30.8 Å². The molecule has 0 spiro atoms. The number of pyridine rings is 2. The van der Waals surface area contributed by atoms with E-state index >= 15 is 0 Å². The highest BCUT2D eigenvalue weighted by Gasteiger charge is 2.24. The van der Waals surface area contributed by atoms with Gasteiger partial charge in [0.05, 0.1) is 22.0 Å². The molecule has 0 unspecified atom stereocenters. The van der Waals surface area contributed by atoms with E-state index in [1.165, 1.54) is 0 Å². The molecule has 0 saturated carbocycles. The number of benzene rings is 1. The Hall–Kier alpha value is -2.44. The second kappa shape index (κ2) is 8.51. The molecule has 0 bridgehead atoms. The summed E-state index contributed by atoms with van der Waals surface area (Å²) >= 11 is 9.40. The summed E-state index contributed by atoms with van der Waals surface area (Å²) in [6.45, 7) is 4.67. The van der Waals surface area contributed by atoms with Gasteiger partial charge < -0.3 is 9.80 Å². The Morgan fingerprint density at radius 2 is 1.86 bits per heavy atom. The number of rotatable bonds is 3. The first kappa shape index (κ1) is 19.9. The largest absolute Gasteiger partial charge is 0.353 e. The molecule has 1 amide bonds. The number of nitrogens with zero attached hydrogens (tertiary/aromatic N) is 4. The molecule has 4 rings (SSSR count). The van der Waals surface area contributed by atoms with Crippen LogP contribution in [0.2, 0.25) is 5.02 Å². The van der Waals surface area contributed by atoms with Crippen molar-refractivity contribution in [1.29, 1.82) is 0 Å². The highest BCUT2D eigenvalue weighted by Crippen LogP contribution is 2.23. The number of anilines is 1. The monoisotopic (exact) mass is 470 g/mol. The molecule has 1 aliphatic rings. The van der Waals surface area contributed by atoms with Crippen molar-refractivity contribution in [3.05, 3.63) is 75.5 Å². The molecule has 2 aromatic heterocycles. The predicted molar refractivity (Wildman–Crippen MR) is 119 cm³/mol. The summed E-state index contributed by atoms with van der Waals surface area (Å²) < 4.78 is 1.00. The van der Waals surface area contributed by atoms with Crippen LogP contribution in [0.5, 0.6) is 0 Å². The number of piperazine rings is 1. The van der Waals surface area contributed by atoms with Crippen molar-refractivity contribution >= 4 is 39.3 Å². The molecule has 1 aromatic carbocycles. The molecule has 29 heavy (non-hydrogen) atoms. The summed E-state index contributed by atoms with van der Waals surface area (Å²) in [5.41, 5.74) is 3.28. The van der Waals surface area contributed by atoms with Crippen LogP contribution in [0.3, 0.4) is 0 Å².